The van der Waals surface area contributed by atoms with Crippen LogP contribution in [0.3, 0.4) is 0 Å². The van der Waals surface area contributed by atoms with Gasteiger partial charge in [-0.3, -0.25) is 0 Å². The summed E-state index contributed by atoms with van der Waals surface area (Å²) in [6.45, 7) is 3.55. The number of piperidine rings is 1. The number of hydrogen-bond donors (Lipinski definition) is 1. The molecule has 1 aromatic heterocycles. The molecule has 0 radical (unpaired) electrons. The van der Waals surface area contributed by atoms with E-state index >= 15 is 0 Å². The molecule has 3 aromatic carbocycles. The van der Waals surface area contributed by atoms with Crippen LogP contribution in [0.1, 0.15) is 24.0 Å². The standard InChI is InChI=1S/C27H23ClFN5/c1-16-3-2-4-22(28)25(16)17-7-8-24-21(13-17)26(18-5-6-19(15-30)23(29)14-18)33-27(32-24)34-11-9-20(31)10-12-34/h2-8,13-14,20H,9-12,31H2,1H3. The van der Waals surface area contributed by atoms with Crippen molar-refractivity contribution in [1.82, 2.24) is 9.97 Å². The van der Waals surface area contributed by atoms with Crippen LogP contribution in [0.15, 0.2) is 54.6 Å². The molecule has 5 nitrogen and oxygen atoms in total. The van der Waals surface area contributed by atoms with Gasteiger partial charge in [-0.15, -0.1) is 0 Å². The highest BCUT2D eigenvalue weighted by Crippen LogP contribution is 2.36. The van der Waals surface area contributed by atoms with Crippen molar-refractivity contribution in [1.29, 1.82) is 5.26 Å². The number of benzene rings is 3. The first-order chi connectivity index (χ1) is 16.4. The molecule has 170 valence electrons. The summed E-state index contributed by atoms with van der Waals surface area (Å²) in [5, 5.41) is 10.6. The summed E-state index contributed by atoms with van der Waals surface area (Å²) in [7, 11) is 0. The lowest BCUT2D eigenvalue weighted by atomic mass is 9.97. The molecular weight excluding hydrogens is 449 g/mol. The number of anilines is 1. The molecule has 5 rings (SSSR count). The van der Waals surface area contributed by atoms with Gasteiger partial charge in [-0.25, -0.2) is 14.4 Å². The number of aromatic nitrogens is 2. The first-order valence-corrected chi connectivity index (χ1v) is 11.6. The maximum Gasteiger partial charge on any atom is 0.226 e. The molecule has 2 N–H and O–H groups in total. The van der Waals surface area contributed by atoms with Crippen molar-refractivity contribution in [2.45, 2.75) is 25.8 Å². The largest absolute Gasteiger partial charge is 0.341 e. The number of nitrogens with two attached hydrogens (primary N) is 1. The molecule has 2 heterocycles. The normalized spacial score (nSPS) is 14.4. The third kappa shape index (κ3) is 4.09. The van der Waals surface area contributed by atoms with Crippen LogP contribution in [0, 0.1) is 24.1 Å². The maximum absolute atomic E-state index is 14.6. The van der Waals surface area contributed by atoms with Gasteiger partial charge < -0.3 is 10.6 Å². The molecule has 1 saturated heterocycles. The molecule has 1 aliphatic heterocycles. The minimum absolute atomic E-state index is 0.000246. The number of fused-ring (bicyclic) bond motifs is 1. The fraction of sp³-hybridized carbons (Fsp3) is 0.222. The maximum atomic E-state index is 14.6. The van der Waals surface area contributed by atoms with Crippen LogP contribution in [0.2, 0.25) is 5.02 Å². The average Bonchev–Trinajstić information content (AvgIpc) is 2.83. The van der Waals surface area contributed by atoms with Crippen molar-refractivity contribution >= 4 is 28.5 Å². The van der Waals surface area contributed by atoms with Crippen LogP contribution in [-0.4, -0.2) is 29.1 Å². The van der Waals surface area contributed by atoms with E-state index in [0.717, 1.165) is 53.5 Å². The summed E-state index contributed by atoms with van der Waals surface area (Å²) < 4.78 is 14.6. The van der Waals surface area contributed by atoms with Crippen LogP contribution >= 0.6 is 11.6 Å². The number of rotatable bonds is 3. The van der Waals surface area contributed by atoms with Gasteiger partial charge in [-0.1, -0.05) is 35.9 Å². The second-order valence-corrected chi connectivity index (χ2v) is 9.07. The summed E-state index contributed by atoms with van der Waals surface area (Å²) in [6, 6.07) is 18.4. The zero-order chi connectivity index (χ0) is 23.8. The molecule has 34 heavy (non-hydrogen) atoms. The smallest absolute Gasteiger partial charge is 0.226 e. The molecular formula is C27H23ClFN5. The molecule has 4 aromatic rings. The van der Waals surface area contributed by atoms with E-state index in [1.165, 1.54) is 12.1 Å². The predicted octanol–water partition coefficient (Wildman–Crippen LogP) is 5.86. The lowest BCUT2D eigenvalue weighted by molar-refractivity contribution is 0.496. The minimum atomic E-state index is -0.574. The molecule has 0 aliphatic carbocycles. The zero-order valence-corrected chi connectivity index (χ0v) is 19.5. The van der Waals surface area contributed by atoms with Gasteiger partial charge in [-0.05, 0) is 61.2 Å². The molecule has 0 amide bonds. The third-order valence-electron chi connectivity index (χ3n) is 6.38. The van der Waals surface area contributed by atoms with Gasteiger partial charge >= 0.3 is 0 Å². The van der Waals surface area contributed by atoms with Crippen molar-refractivity contribution in [3.05, 3.63) is 76.6 Å². The predicted molar refractivity (Wildman–Crippen MR) is 134 cm³/mol. The van der Waals surface area contributed by atoms with E-state index < -0.39 is 5.82 Å². The molecule has 0 spiro atoms. The van der Waals surface area contributed by atoms with E-state index in [0.29, 0.717) is 22.2 Å². The molecule has 0 atom stereocenters. The van der Waals surface area contributed by atoms with E-state index in [2.05, 4.69) is 4.90 Å². The Hall–Kier alpha value is -3.53. The SMILES string of the molecule is Cc1cccc(Cl)c1-c1ccc2nc(N3CCC(N)CC3)nc(-c3ccc(C#N)c(F)c3)c2c1. The van der Waals surface area contributed by atoms with Gasteiger partial charge in [0.15, 0.2) is 0 Å². The van der Waals surface area contributed by atoms with Crippen molar-refractivity contribution in [2.24, 2.45) is 5.73 Å². The van der Waals surface area contributed by atoms with Gasteiger partial charge in [0, 0.05) is 40.7 Å². The van der Waals surface area contributed by atoms with E-state index in [9.17, 15) is 4.39 Å². The van der Waals surface area contributed by atoms with E-state index in [-0.39, 0.29) is 11.6 Å². The molecule has 1 fully saturated rings. The summed E-state index contributed by atoms with van der Waals surface area (Å²) in [4.78, 5) is 11.9. The summed E-state index contributed by atoms with van der Waals surface area (Å²) in [6.07, 6.45) is 1.74. The van der Waals surface area contributed by atoms with Crippen molar-refractivity contribution in [2.75, 3.05) is 18.0 Å². The first-order valence-electron chi connectivity index (χ1n) is 11.2. The van der Waals surface area contributed by atoms with E-state index in [1.807, 2.05) is 49.4 Å². The number of aryl methyl sites for hydroxylation is 1. The summed E-state index contributed by atoms with van der Waals surface area (Å²) >= 11 is 6.54. The highest BCUT2D eigenvalue weighted by atomic mass is 35.5. The van der Waals surface area contributed by atoms with Crippen LogP contribution in [0.5, 0.6) is 0 Å². The molecule has 0 saturated carbocycles. The lowest BCUT2D eigenvalue weighted by Gasteiger charge is -2.30. The Kier molecular flexibility index (Phi) is 5.91. The Balaban J connectivity index is 1.72. The van der Waals surface area contributed by atoms with Gasteiger partial charge in [0.2, 0.25) is 5.95 Å². The quantitative estimate of drug-likeness (QED) is 0.404. The fourth-order valence-electron chi connectivity index (χ4n) is 4.48. The highest BCUT2D eigenvalue weighted by Gasteiger charge is 2.21. The van der Waals surface area contributed by atoms with Crippen LogP contribution in [-0.2, 0) is 0 Å². The van der Waals surface area contributed by atoms with Crippen LogP contribution in [0.4, 0.5) is 10.3 Å². The Bertz CT molecular complexity index is 1420. The van der Waals surface area contributed by atoms with Crippen molar-refractivity contribution in [3.8, 4) is 28.5 Å². The van der Waals surface area contributed by atoms with Gasteiger partial charge in [0.25, 0.3) is 0 Å². The Morgan fingerprint density at radius 2 is 1.82 bits per heavy atom. The van der Waals surface area contributed by atoms with E-state index in [1.54, 1.807) is 6.07 Å². The third-order valence-corrected chi connectivity index (χ3v) is 6.69. The Morgan fingerprint density at radius 1 is 1.06 bits per heavy atom. The van der Waals surface area contributed by atoms with Crippen LogP contribution in [0.25, 0.3) is 33.3 Å². The topological polar surface area (TPSA) is 78.8 Å². The van der Waals surface area contributed by atoms with Crippen molar-refractivity contribution in [3.63, 3.8) is 0 Å². The molecule has 7 heteroatoms. The monoisotopic (exact) mass is 471 g/mol. The Labute approximate surface area is 202 Å². The minimum Gasteiger partial charge on any atom is -0.341 e. The van der Waals surface area contributed by atoms with E-state index in [4.69, 9.17) is 32.6 Å². The second kappa shape index (κ2) is 9.02. The zero-order valence-electron chi connectivity index (χ0n) is 18.7. The number of hydrogen-bond acceptors (Lipinski definition) is 5. The fourth-order valence-corrected chi connectivity index (χ4v) is 4.81. The average molecular weight is 472 g/mol. The van der Waals surface area contributed by atoms with Gasteiger partial charge in [-0.2, -0.15) is 5.26 Å². The van der Waals surface area contributed by atoms with Gasteiger partial charge in [0.1, 0.15) is 11.9 Å². The molecule has 1 aliphatic rings. The number of nitrogens with zero attached hydrogens (tertiary/aromatic N) is 4. The molecule has 0 bridgehead atoms. The van der Waals surface area contributed by atoms with Gasteiger partial charge in [0.05, 0.1) is 16.8 Å². The highest BCUT2D eigenvalue weighted by molar-refractivity contribution is 6.33. The summed E-state index contributed by atoms with van der Waals surface area (Å²) in [5.41, 5.74) is 11.0. The Morgan fingerprint density at radius 3 is 2.53 bits per heavy atom. The second-order valence-electron chi connectivity index (χ2n) is 8.67. The van der Waals surface area contributed by atoms with Crippen molar-refractivity contribution < 1.29 is 4.39 Å². The molecule has 0 unspecified atom stereocenters. The number of halogens is 2. The number of nitriles is 1. The van der Waals surface area contributed by atoms with Crippen LogP contribution < -0.4 is 10.6 Å². The first kappa shape index (κ1) is 22.3. The summed E-state index contributed by atoms with van der Waals surface area (Å²) in [5.74, 6) is 0.0243. The lowest BCUT2D eigenvalue weighted by Crippen LogP contribution is -2.40.